The minimum Gasteiger partial charge on any atom is -0.491 e. The van der Waals surface area contributed by atoms with Crippen LogP contribution < -0.4 is 15.5 Å². The van der Waals surface area contributed by atoms with Gasteiger partial charge in [0.05, 0.1) is 31.0 Å². The Balaban J connectivity index is 1.53. The fourth-order valence-corrected chi connectivity index (χ4v) is 4.08. The maximum atomic E-state index is 13.1. The van der Waals surface area contributed by atoms with Crippen molar-refractivity contribution in [3.63, 3.8) is 0 Å². The Bertz CT molecular complexity index is 1170. The largest absolute Gasteiger partial charge is 0.491 e. The van der Waals surface area contributed by atoms with E-state index in [9.17, 15) is 14.4 Å². The maximum Gasteiger partial charge on any atom is 0.270 e. The van der Waals surface area contributed by atoms with Crippen molar-refractivity contribution < 1.29 is 14.3 Å². The molecule has 2 unspecified atom stereocenters. The molecular weight excluding hydrogens is 410 g/mol. The molecule has 4 rings (SSSR count). The van der Waals surface area contributed by atoms with Crippen LogP contribution in [0.25, 0.3) is 0 Å². The van der Waals surface area contributed by atoms with E-state index in [0.29, 0.717) is 0 Å². The van der Waals surface area contributed by atoms with Crippen molar-refractivity contribution in [3.05, 3.63) is 81.5 Å². The average Bonchev–Trinajstić information content (AvgIpc) is 3.43. The second-order valence-corrected chi connectivity index (χ2v) is 7.77. The third-order valence-electron chi connectivity index (χ3n) is 5.89. The molecular formula is C23H25N5O4. The molecule has 0 spiro atoms. The molecule has 0 fully saturated rings. The highest BCUT2D eigenvalue weighted by atomic mass is 16.5. The first-order valence-electron chi connectivity index (χ1n) is 10.4. The van der Waals surface area contributed by atoms with Crippen LogP contribution in [0.15, 0.2) is 53.6 Å². The van der Waals surface area contributed by atoms with Gasteiger partial charge in [-0.05, 0) is 24.0 Å². The highest BCUT2D eigenvalue weighted by Gasteiger charge is 2.31. The van der Waals surface area contributed by atoms with Gasteiger partial charge in [-0.25, -0.2) is 0 Å². The van der Waals surface area contributed by atoms with E-state index >= 15 is 0 Å². The zero-order valence-corrected chi connectivity index (χ0v) is 17.9. The molecule has 9 nitrogen and oxygen atoms in total. The average molecular weight is 435 g/mol. The quantitative estimate of drug-likeness (QED) is 0.522. The van der Waals surface area contributed by atoms with E-state index < -0.39 is 6.04 Å². The van der Waals surface area contributed by atoms with Gasteiger partial charge in [0, 0.05) is 25.9 Å². The van der Waals surface area contributed by atoms with Crippen molar-refractivity contribution in [1.29, 1.82) is 0 Å². The second kappa shape index (κ2) is 9.09. The van der Waals surface area contributed by atoms with E-state index in [1.807, 2.05) is 30.3 Å². The zero-order valence-electron chi connectivity index (χ0n) is 17.9. The molecule has 0 aliphatic heterocycles. The van der Waals surface area contributed by atoms with Crippen molar-refractivity contribution in [2.75, 3.05) is 20.7 Å². The lowest BCUT2D eigenvalue weighted by atomic mass is 10.0. The number of H-pyrrole nitrogens is 2. The number of likely N-dealkylation sites (N-methyl/N-ethyl adjacent to an activating group) is 1. The monoisotopic (exact) mass is 435 g/mol. The summed E-state index contributed by atoms with van der Waals surface area (Å²) in [5, 5.41) is 9.95. The van der Waals surface area contributed by atoms with Crippen LogP contribution in [0, 0.1) is 0 Å². The number of carbonyl (C=O) groups excluding carboxylic acids is 2. The van der Waals surface area contributed by atoms with Crippen LogP contribution in [0.2, 0.25) is 0 Å². The lowest BCUT2D eigenvalue weighted by molar-refractivity contribution is -0.122. The lowest BCUT2D eigenvalue weighted by Crippen LogP contribution is -2.40. The van der Waals surface area contributed by atoms with E-state index in [1.165, 1.54) is 24.3 Å². The Kier molecular flexibility index (Phi) is 6.07. The molecule has 1 aromatic carbocycles. The first-order chi connectivity index (χ1) is 15.5. The molecule has 2 aromatic heterocycles. The van der Waals surface area contributed by atoms with Crippen molar-refractivity contribution >= 4 is 11.8 Å². The number of carbonyl (C=O) groups is 2. The molecule has 3 aromatic rings. The molecule has 2 heterocycles. The molecule has 1 aliphatic rings. The minimum absolute atomic E-state index is 0.104. The number of methoxy groups -OCH3 is 1. The van der Waals surface area contributed by atoms with Gasteiger partial charge in [-0.3, -0.25) is 19.5 Å². The summed E-state index contributed by atoms with van der Waals surface area (Å²) in [6, 6.07) is 10.2. The van der Waals surface area contributed by atoms with Gasteiger partial charge in [0.1, 0.15) is 5.69 Å². The highest BCUT2D eigenvalue weighted by molar-refractivity contribution is 5.92. The lowest BCUT2D eigenvalue weighted by Gasteiger charge is -2.29. The van der Waals surface area contributed by atoms with Gasteiger partial charge in [0.2, 0.25) is 11.3 Å². The summed E-state index contributed by atoms with van der Waals surface area (Å²) in [5.41, 5.74) is 2.56. The summed E-state index contributed by atoms with van der Waals surface area (Å²) in [5.74, 6) is -0.620. The smallest absolute Gasteiger partial charge is 0.270 e. The molecule has 0 saturated heterocycles. The standard InChI is InChI=1S/C23H25N5O4/c1-28(23(31)17-10-19(29)20(32-2)13-24-17)18(14-6-4-3-5-7-14)12-25-22(30)16-9-8-15-11-26-27-21(15)16/h3-7,10-11,13,16,18H,8-9,12H2,1-2H3,(H,24,29)(H,25,30)(H,26,27). The third-order valence-corrected chi connectivity index (χ3v) is 5.89. The van der Waals surface area contributed by atoms with Crippen LogP contribution in [0.1, 0.15) is 45.7 Å². The molecule has 0 saturated carbocycles. The molecule has 0 bridgehead atoms. The van der Waals surface area contributed by atoms with Gasteiger partial charge < -0.3 is 19.9 Å². The number of hydrogen-bond donors (Lipinski definition) is 3. The van der Waals surface area contributed by atoms with E-state index in [4.69, 9.17) is 4.74 Å². The van der Waals surface area contributed by atoms with Crippen LogP contribution >= 0.6 is 0 Å². The number of amides is 2. The first kappa shape index (κ1) is 21.4. The zero-order chi connectivity index (χ0) is 22.7. The van der Waals surface area contributed by atoms with E-state index in [-0.39, 0.29) is 41.1 Å². The predicted octanol–water partition coefficient (Wildman–Crippen LogP) is 1.77. The molecule has 166 valence electrons. The number of rotatable bonds is 7. The number of hydrogen-bond acceptors (Lipinski definition) is 5. The molecule has 9 heteroatoms. The van der Waals surface area contributed by atoms with Gasteiger partial charge in [0.15, 0.2) is 5.75 Å². The van der Waals surface area contributed by atoms with Crippen LogP contribution in [0.5, 0.6) is 5.75 Å². The number of aromatic nitrogens is 3. The van der Waals surface area contributed by atoms with Gasteiger partial charge >= 0.3 is 0 Å². The molecule has 32 heavy (non-hydrogen) atoms. The van der Waals surface area contributed by atoms with Crippen molar-refractivity contribution in [2.24, 2.45) is 0 Å². The topological polar surface area (TPSA) is 120 Å². The van der Waals surface area contributed by atoms with Crippen LogP contribution in [0.3, 0.4) is 0 Å². The number of benzene rings is 1. The number of aryl methyl sites for hydroxylation is 1. The summed E-state index contributed by atoms with van der Waals surface area (Å²) >= 11 is 0. The number of aromatic amines is 2. The van der Waals surface area contributed by atoms with Gasteiger partial charge in [-0.2, -0.15) is 5.10 Å². The van der Waals surface area contributed by atoms with Crippen molar-refractivity contribution in [2.45, 2.75) is 24.8 Å². The molecule has 2 atom stereocenters. The molecule has 3 N–H and O–H groups in total. The Hall–Kier alpha value is -3.88. The number of pyridine rings is 1. The van der Waals surface area contributed by atoms with Gasteiger partial charge in [0.25, 0.3) is 5.91 Å². The highest BCUT2D eigenvalue weighted by Crippen LogP contribution is 2.31. The van der Waals surface area contributed by atoms with E-state index in [2.05, 4.69) is 20.5 Å². The number of nitrogens with zero attached hydrogens (tertiary/aromatic N) is 2. The summed E-state index contributed by atoms with van der Waals surface area (Å²) in [4.78, 5) is 42.5. The third kappa shape index (κ3) is 4.14. The minimum atomic E-state index is -0.430. The first-order valence-corrected chi connectivity index (χ1v) is 10.4. The van der Waals surface area contributed by atoms with E-state index in [1.54, 1.807) is 13.2 Å². The van der Waals surface area contributed by atoms with Crippen molar-refractivity contribution in [3.8, 4) is 5.75 Å². The Morgan fingerprint density at radius 2 is 2.09 bits per heavy atom. The number of ether oxygens (including phenoxy) is 1. The van der Waals surface area contributed by atoms with Gasteiger partial charge in [-0.1, -0.05) is 30.3 Å². The van der Waals surface area contributed by atoms with Crippen LogP contribution in [-0.2, 0) is 11.2 Å². The fraction of sp³-hybridized carbons (Fsp3) is 0.304. The van der Waals surface area contributed by atoms with Crippen molar-refractivity contribution in [1.82, 2.24) is 25.4 Å². The SMILES string of the molecule is COc1c[nH]c(C(=O)N(C)C(CNC(=O)C2CCc3cn[nH]c32)c2ccccc2)cc1=O. The van der Waals surface area contributed by atoms with Crippen LogP contribution in [-0.4, -0.2) is 52.6 Å². The predicted molar refractivity (Wildman–Crippen MR) is 118 cm³/mol. The summed E-state index contributed by atoms with van der Waals surface area (Å²) < 4.78 is 4.97. The molecule has 1 aliphatic carbocycles. The summed E-state index contributed by atoms with van der Waals surface area (Å²) in [7, 11) is 3.04. The molecule has 0 radical (unpaired) electrons. The number of fused-ring (bicyclic) bond motifs is 1. The second-order valence-electron chi connectivity index (χ2n) is 7.77. The van der Waals surface area contributed by atoms with Crippen LogP contribution in [0.4, 0.5) is 0 Å². The Morgan fingerprint density at radius 3 is 2.81 bits per heavy atom. The van der Waals surface area contributed by atoms with E-state index in [0.717, 1.165) is 29.7 Å². The van der Waals surface area contributed by atoms with Gasteiger partial charge in [-0.15, -0.1) is 0 Å². The summed E-state index contributed by atoms with van der Waals surface area (Å²) in [6.45, 7) is 0.228. The number of nitrogens with one attached hydrogen (secondary N) is 3. The fourth-order valence-electron chi connectivity index (χ4n) is 4.08. The Labute approximate surface area is 184 Å². The normalized spacial score (nSPS) is 15.6. The Morgan fingerprint density at radius 1 is 1.31 bits per heavy atom. The summed E-state index contributed by atoms with van der Waals surface area (Å²) in [6.07, 6.45) is 4.67. The maximum absolute atomic E-state index is 13.1. The molecule has 2 amide bonds.